The Morgan fingerprint density at radius 2 is 1.55 bits per heavy atom. The van der Waals surface area contributed by atoms with Crippen LogP contribution in [0.4, 0.5) is 0 Å². The number of carbonyl (C=O) groups excluding carboxylic acids is 4. The Hall–Kier alpha value is -2.20. The zero-order valence-corrected chi connectivity index (χ0v) is 11.0. The van der Waals surface area contributed by atoms with Crippen LogP contribution in [0.2, 0.25) is 0 Å². The summed E-state index contributed by atoms with van der Waals surface area (Å²) in [6.45, 7) is -1.65. The second-order valence-electron chi connectivity index (χ2n) is 2.72. The molecular formula is C10H16O10. The Kier molecular flexibility index (Phi) is 13.3. The van der Waals surface area contributed by atoms with Gasteiger partial charge in [0, 0.05) is 7.11 Å². The maximum atomic E-state index is 10.3. The van der Waals surface area contributed by atoms with Gasteiger partial charge in [0.25, 0.3) is 0 Å². The summed E-state index contributed by atoms with van der Waals surface area (Å²) in [4.78, 5) is 40.6. The number of esters is 4. The highest BCUT2D eigenvalue weighted by molar-refractivity contribution is 5.82. The first-order chi connectivity index (χ1) is 9.49. The Bertz CT molecular complexity index is 280. The van der Waals surface area contributed by atoms with Gasteiger partial charge in [0.1, 0.15) is 6.61 Å². The van der Waals surface area contributed by atoms with Crippen LogP contribution in [-0.4, -0.2) is 74.7 Å². The molecule has 0 aliphatic carbocycles. The van der Waals surface area contributed by atoms with Crippen molar-refractivity contribution in [3.8, 4) is 0 Å². The second kappa shape index (κ2) is 13.2. The van der Waals surface area contributed by atoms with Gasteiger partial charge in [0.15, 0.2) is 19.8 Å². The molecule has 10 heteroatoms. The van der Waals surface area contributed by atoms with Crippen molar-refractivity contribution in [2.75, 3.05) is 40.6 Å². The summed E-state index contributed by atoms with van der Waals surface area (Å²) in [6, 6.07) is 0. The van der Waals surface area contributed by atoms with Crippen LogP contribution in [0.1, 0.15) is 0 Å². The average Bonchev–Trinajstić information content (AvgIpc) is 2.50. The molecule has 10 nitrogen and oxygen atoms in total. The van der Waals surface area contributed by atoms with Crippen LogP contribution in [-0.2, 0) is 38.1 Å². The van der Waals surface area contributed by atoms with Crippen LogP contribution in [0.15, 0.2) is 0 Å². The summed E-state index contributed by atoms with van der Waals surface area (Å²) < 4.78 is 16.9. The number of aliphatic hydroxyl groups is 2. The monoisotopic (exact) mass is 296 g/mol. The van der Waals surface area contributed by atoms with Crippen molar-refractivity contribution in [3.05, 3.63) is 0 Å². The van der Waals surface area contributed by atoms with Crippen molar-refractivity contribution in [1.82, 2.24) is 0 Å². The van der Waals surface area contributed by atoms with E-state index in [0.717, 1.165) is 7.11 Å². The van der Waals surface area contributed by atoms with E-state index in [9.17, 15) is 19.2 Å². The normalized spacial score (nSPS) is 12.4. The van der Waals surface area contributed by atoms with Gasteiger partial charge in [-0.1, -0.05) is 0 Å². The highest BCUT2D eigenvalue weighted by Gasteiger charge is 2.16. The van der Waals surface area contributed by atoms with E-state index in [-0.39, 0.29) is 13.2 Å². The number of carbonyl (C=O) groups is 4. The van der Waals surface area contributed by atoms with Gasteiger partial charge in [-0.05, 0) is 0 Å². The maximum Gasteiger partial charge on any atom is 0.344 e. The third kappa shape index (κ3) is 12.3. The number of cyclic esters (lactones) is 2. The fourth-order valence-corrected chi connectivity index (χ4v) is 0.606. The molecule has 20 heavy (non-hydrogen) atoms. The molecule has 1 saturated heterocycles. The molecule has 2 N–H and O–H groups in total. The zero-order valence-electron chi connectivity index (χ0n) is 11.0. The molecule has 1 heterocycles. The Labute approximate surface area is 114 Å². The average molecular weight is 296 g/mol. The van der Waals surface area contributed by atoms with Gasteiger partial charge in [0.05, 0.1) is 7.11 Å². The summed E-state index contributed by atoms with van der Waals surface area (Å²) in [5.41, 5.74) is 0. The van der Waals surface area contributed by atoms with Crippen LogP contribution < -0.4 is 0 Å². The van der Waals surface area contributed by atoms with Crippen LogP contribution >= 0.6 is 0 Å². The minimum absolute atomic E-state index is 0.237. The first-order valence-corrected chi connectivity index (χ1v) is 5.08. The molecule has 1 rings (SSSR count). The second-order valence-corrected chi connectivity index (χ2v) is 2.72. The lowest BCUT2D eigenvalue weighted by molar-refractivity contribution is -0.174. The maximum absolute atomic E-state index is 10.3. The third-order valence-corrected chi connectivity index (χ3v) is 1.41. The van der Waals surface area contributed by atoms with Crippen LogP contribution in [0.25, 0.3) is 0 Å². The van der Waals surface area contributed by atoms with Gasteiger partial charge in [-0.15, -0.1) is 0 Å². The van der Waals surface area contributed by atoms with E-state index in [4.69, 9.17) is 10.2 Å². The van der Waals surface area contributed by atoms with Crippen molar-refractivity contribution < 1.29 is 48.3 Å². The van der Waals surface area contributed by atoms with E-state index in [0.29, 0.717) is 0 Å². The Balaban J connectivity index is 0. The summed E-state index contributed by atoms with van der Waals surface area (Å²) in [6.07, 6.45) is 0. The lowest BCUT2D eigenvalue weighted by Crippen LogP contribution is -2.27. The summed E-state index contributed by atoms with van der Waals surface area (Å²) in [7, 11) is 2.18. The summed E-state index contributed by atoms with van der Waals surface area (Å²) in [5.74, 6) is -2.46. The van der Waals surface area contributed by atoms with Crippen molar-refractivity contribution in [2.24, 2.45) is 0 Å². The molecule has 0 amide bonds. The van der Waals surface area contributed by atoms with E-state index >= 15 is 0 Å². The van der Waals surface area contributed by atoms with Crippen molar-refractivity contribution in [2.45, 2.75) is 0 Å². The van der Waals surface area contributed by atoms with Crippen LogP contribution in [0.3, 0.4) is 0 Å². The SMILES string of the molecule is CO.COC(=O)COC(=O)CO.O=C1COC(=O)CO1. The third-order valence-electron chi connectivity index (χ3n) is 1.41. The van der Waals surface area contributed by atoms with Gasteiger partial charge in [-0.3, -0.25) is 0 Å². The van der Waals surface area contributed by atoms with Gasteiger partial charge >= 0.3 is 23.9 Å². The van der Waals surface area contributed by atoms with E-state index in [2.05, 4.69) is 18.9 Å². The minimum atomic E-state index is -0.842. The van der Waals surface area contributed by atoms with E-state index in [1.807, 2.05) is 0 Å². The van der Waals surface area contributed by atoms with E-state index in [1.165, 1.54) is 7.11 Å². The molecule has 1 fully saturated rings. The topological polar surface area (TPSA) is 146 Å². The predicted octanol–water partition coefficient (Wildman–Crippen LogP) is -2.61. The molecule has 0 aromatic carbocycles. The zero-order chi connectivity index (χ0) is 16.0. The van der Waals surface area contributed by atoms with E-state index in [1.54, 1.807) is 0 Å². The molecule has 0 spiro atoms. The number of hydrogen-bond donors (Lipinski definition) is 2. The molecule has 116 valence electrons. The van der Waals surface area contributed by atoms with E-state index < -0.39 is 37.1 Å². The number of ether oxygens (including phenoxy) is 4. The molecule has 1 aliphatic heterocycles. The number of rotatable bonds is 3. The number of aliphatic hydroxyl groups excluding tert-OH is 2. The molecule has 0 unspecified atom stereocenters. The quantitative estimate of drug-likeness (QED) is 0.419. The molecule has 0 saturated carbocycles. The number of methoxy groups -OCH3 is 1. The van der Waals surface area contributed by atoms with Gasteiger partial charge in [-0.25, -0.2) is 19.2 Å². The summed E-state index contributed by atoms with van der Waals surface area (Å²) >= 11 is 0. The fraction of sp³-hybridized carbons (Fsp3) is 0.600. The standard InChI is InChI=1S/C5H8O5.C4H4O4.CH4O/c1-9-5(8)3-10-4(7)2-6;5-3-1-7-4(6)2-8-3;1-2/h6H,2-3H2,1H3;1-2H2;2H,1H3. The smallest absolute Gasteiger partial charge is 0.344 e. The Morgan fingerprint density at radius 1 is 1.10 bits per heavy atom. The number of hydrogen-bond acceptors (Lipinski definition) is 10. The molecule has 0 radical (unpaired) electrons. The highest BCUT2D eigenvalue weighted by atomic mass is 16.6. The molecular weight excluding hydrogens is 280 g/mol. The summed E-state index contributed by atoms with van der Waals surface area (Å²) in [5, 5.41) is 15.1. The molecule has 0 bridgehead atoms. The highest BCUT2D eigenvalue weighted by Crippen LogP contribution is 1.90. The lowest BCUT2D eigenvalue weighted by atomic mass is 10.6. The van der Waals surface area contributed by atoms with Crippen molar-refractivity contribution in [3.63, 3.8) is 0 Å². The fourth-order valence-electron chi connectivity index (χ4n) is 0.606. The van der Waals surface area contributed by atoms with Gasteiger partial charge < -0.3 is 29.2 Å². The van der Waals surface area contributed by atoms with Crippen molar-refractivity contribution >= 4 is 23.9 Å². The predicted molar refractivity (Wildman–Crippen MR) is 60.1 cm³/mol. The molecule has 0 atom stereocenters. The largest absolute Gasteiger partial charge is 0.466 e. The molecule has 0 aromatic rings. The van der Waals surface area contributed by atoms with Crippen LogP contribution in [0.5, 0.6) is 0 Å². The van der Waals surface area contributed by atoms with Gasteiger partial charge in [-0.2, -0.15) is 0 Å². The molecule has 1 aliphatic rings. The lowest BCUT2D eigenvalue weighted by Gasteiger charge is -2.09. The van der Waals surface area contributed by atoms with Gasteiger partial charge in [0.2, 0.25) is 0 Å². The molecule has 0 aromatic heterocycles. The first-order valence-electron chi connectivity index (χ1n) is 5.08. The van der Waals surface area contributed by atoms with Crippen LogP contribution in [0, 0.1) is 0 Å². The Morgan fingerprint density at radius 3 is 1.85 bits per heavy atom. The first kappa shape index (κ1) is 20.1. The van der Waals surface area contributed by atoms with Crippen molar-refractivity contribution in [1.29, 1.82) is 0 Å². The minimum Gasteiger partial charge on any atom is -0.466 e.